The van der Waals surface area contributed by atoms with Gasteiger partial charge >= 0.3 is 0 Å². The van der Waals surface area contributed by atoms with Crippen LogP contribution in [0.2, 0.25) is 0 Å². The molecule has 0 heterocycles. The first-order valence-electron chi connectivity index (χ1n) is 7.65. The molecule has 0 spiro atoms. The van der Waals surface area contributed by atoms with E-state index in [-0.39, 0.29) is 11.6 Å². The van der Waals surface area contributed by atoms with Crippen molar-refractivity contribution in [1.29, 1.82) is 0 Å². The van der Waals surface area contributed by atoms with Crippen molar-refractivity contribution >= 4 is 0 Å². The van der Waals surface area contributed by atoms with Crippen LogP contribution in [0.15, 0.2) is 18.2 Å². The summed E-state index contributed by atoms with van der Waals surface area (Å²) in [5, 5.41) is 0. The summed E-state index contributed by atoms with van der Waals surface area (Å²) in [5.74, 6) is 4.63. The lowest BCUT2D eigenvalue weighted by Gasteiger charge is -2.43. The molecule has 1 unspecified atom stereocenters. The van der Waals surface area contributed by atoms with Crippen LogP contribution in [0.1, 0.15) is 44.6 Å². The van der Waals surface area contributed by atoms with Gasteiger partial charge in [-0.2, -0.15) is 0 Å². The number of nitrogens with one attached hydrogen (secondary N) is 1. The van der Waals surface area contributed by atoms with E-state index in [0.29, 0.717) is 18.6 Å². The molecule has 1 fully saturated rings. The molecule has 1 atom stereocenters. The third-order valence-corrected chi connectivity index (χ3v) is 4.41. The Kier molecular flexibility index (Phi) is 5.67. The molecule has 1 aromatic rings. The van der Waals surface area contributed by atoms with Gasteiger partial charge in [-0.05, 0) is 37.8 Å². The van der Waals surface area contributed by atoms with Gasteiger partial charge in [0.1, 0.15) is 11.6 Å². The first-order valence-corrected chi connectivity index (χ1v) is 7.65. The van der Waals surface area contributed by atoms with Crippen LogP contribution in [0.5, 0.6) is 0 Å². The normalized spacial score (nSPS) is 19.4. The van der Waals surface area contributed by atoms with Gasteiger partial charge in [-0.3, -0.25) is 11.3 Å². The van der Waals surface area contributed by atoms with E-state index in [1.807, 2.05) is 6.92 Å². The van der Waals surface area contributed by atoms with Gasteiger partial charge in [-0.25, -0.2) is 8.78 Å². The Morgan fingerprint density at radius 2 is 2.00 bits per heavy atom. The summed E-state index contributed by atoms with van der Waals surface area (Å²) in [6.07, 6.45) is 5.59. The summed E-state index contributed by atoms with van der Waals surface area (Å²) < 4.78 is 32.9. The summed E-state index contributed by atoms with van der Waals surface area (Å²) in [6, 6.07) is 3.49. The van der Waals surface area contributed by atoms with Crippen molar-refractivity contribution in [1.82, 2.24) is 5.43 Å². The van der Waals surface area contributed by atoms with Crippen LogP contribution < -0.4 is 11.3 Å². The van der Waals surface area contributed by atoms with Crippen LogP contribution in [-0.4, -0.2) is 18.2 Å². The number of hydrogen-bond donors (Lipinski definition) is 2. The molecule has 0 amide bonds. The Bertz CT molecular complexity index is 456. The Labute approximate surface area is 124 Å². The molecule has 1 aromatic carbocycles. The highest BCUT2D eigenvalue weighted by Gasteiger charge is 2.40. The summed E-state index contributed by atoms with van der Waals surface area (Å²) in [7, 11) is 0. The number of hydrazine groups is 1. The Hall–Kier alpha value is -1.04. The lowest BCUT2D eigenvalue weighted by atomic mass is 9.77. The quantitative estimate of drug-likeness (QED) is 0.627. The number of rotatable bonds is 6. The van der Waals surface area contributed by atoms with Crippen LogP contribution in [0, 0.1) is 11.6 Å². The highest BCUT2D eigenvalue weighted by Crippen LogP contribution is 2.35. The average molecular weight is 298 g/mol. The van der Waals surface area contributed by atoms with Crippen molar-refractivity contribution < 1.29 is 13.5 Å². The first kappa shape index (κ1) is 16.3. The fraction of sp³-hybridized carbons (Fsp3) is 0.625. The van der Waals surface area contributed by atoms with Crippen LogP contribution in [-0.2, 0) is 11.2 Å². The van der Waals surface area contributed by atoms with Crippen LogP contribution in [0.25, 0.3) is 0 Å². The van der Waals surface area contributed by atoms with Crippen LogP contribution in [0.3, 0.4) is 0 Å². The van der Waals surface area contributed by atoms with E-state index in [2.05, 4.69) is 5.43 Å². The van der Waals surface area contributed by atoms with Gasteiger partial charge in [0.25, 0.3) is 0 Å². The molecule has 21 heavy (non-hydrogen) atoms. The SMILES string of the molecule is CCOC1(C(Cc2ccc(F)cc2F)NN)CCCCC1. The zero-order valence-corrected chi connectivity index (χ0v) is 12.5. The molecule has 3 nitrogen and oxygen atoms in total. The van der Waals surface area contributed by atoms with E-state index in [9.17, 15) is 8.78 Å². The molecule has 0 bridgehead atoms. The molecular formula is C16H24F2N2O. The number of ether oxygens (including phenoxy) is 1. The van der Waals surface area contributed by atoms with Gasteiger partial charge in [0.15, 0.2) is 0 Å². The topological polar surface area (TPSA) is 47.3 Å². The van der Waals surface area contributed by atoms with Crippen molar-refractivity contribution in [2.75, 3.05) is 6.61 Å². The molecule has 1 aliphatic rings. The summed E-state index contributed by atoms with van der Waals surface area (Å²) >= 11 is 0. The molecule has 2 rings (SSSR count). The van der Waals surface area contributed by atoms with E-state index >= 15 is 0 Å². The zero-order chi connectivity index (χ0) is 15.3. The second-order valence-corrected chi connectivity index (χ2v) is 5.72. The van der Waals surface area contributed by atoms with Crippen molar-refractivity contribution in [2.45, 2.75) is 57.1 Å². The number of halogens is 2. The lowest BCUT2D eigenvalue weighted by molar-refractivity contribution is -0.0899. The van der Waals surface area contributed by atoms with E-state index in [4.69, 9.17) is 10.6 Å². The molecule has 0 saturated heterocycles. The number of benzene rings is 1. The van der Waals surface area contributed by atoms with E-state index in [1.165, 1.54) is 18.6 Å². The first-order chi connectivity index (χ1) is 10.1. The fourth-order valence-electron chi connectivity index (χ4n) is 3.34. The zero-order valence-electron chi connectivity index (χ0n) is 12.5. The molecule has 5 heteroatoms. The molecule has 0 radical (unpaired) electrons. The van der Waals surface area contributed by atoms with Gasteiger partial charge in [-0.15, -0.1) is 0 Å². The third-order valence-electron chi connectivity index (χ3n) is 4.41. The Morgan fingerprint density at radius 1 is 1.29 bits per heavy atom. The van der Waals surface area contributed by atoms with Gasteiger partial charge in [0, 0.05) is 12.7 Å². The molecule has 0 aromatic heterocycles. The van der Waals surface area contributed by atoms with Crippen LogP contribution >= 0.6 is 0 Å². The summed E-state index contributed by atoms with van der Waals surface area (Å²) in [5.41, 5.74) is 2.91. The average Bonchev–Trinajstić information content (AvgIpc) is 2.47. The Morgan fingerprint density at radius 3 is 2.57 bits per heavy atom. The van der Waals surface area contributed by atoms with Crippen LogP contribution in [0.4, 0.5) is 8.78 Å². The fourth-order valence-corrected chi connectivity index (χ4v) is 3.34. The second-order valence-electron chi connectivity index (χ2n) is 5.72. The number of hydrogen-bond acceptors (Lipinski definition) is 3. The maximum Gasteiger partial charge on any atom is 0.129 e. The molecular weight excluding hydrogens is 274 g/mol. The molecule has 1 aliphatic carbocycles. The van der Waals surface area contributed by atoms with Gasteiger partial charge in [0.05, 0.1) is 11.6 Å². The van der Waals surface area contributed by atoms with Gasteiger partial charge < -0.3 is 4.74 Å². The molecule has 3 N–H and O–H groups in total. The Balaban J connectivity index is 2.20. The van der Waals surface area contributed by atoms with Gasteiger partial charge in [0.2, 0.25) is 0 Å². The molecule has 0 aliphatic heterocycles. The second kappa shape index (κ2) is 7.29. The third kappa shape index (κ3) is 3.78. The summed E-state index contributed by atoms with van der Waals surface area (Å²) in [4.78, 5) is 0. The smallest absolute Gasteiger partial charge is 0.129 e. The largest absolute Gasteiger partial charge is 0.374 e. The van der Waals surface area contributed by atoms with E-state index in [1.54, 1.807) is 0 Å². The highest BCUT2D eigenvalue weighted by atomic mass is 19.1. The van der Waals surface area contributed by atoms with Gasteiger partial charge in [-0.1, -0.05) is 25.3 Å². The van der Waals surface area contributed by atoms with E-state index in [0.717, 1.165) is 31.7 Å². The molecule has 1 saturated carbocycles. The predicted octanol–water partition coefficient (Wildman–Crippen LogP) is 3.08. The maximum absolute atomic E-state index is 13.9. The van der Waals surface area contributed by atoms with Crippen molar-refractivity contribution in [3.63, 3.8) is 0 Å². The monoisotopic (exact) mass is 298 g/mol. The maximum atomic E-state index is 13.9. The highest BCUT2D eigenvalue weighted by molar-refractivity contribution is 5.20. The lowest BCUT2D eigenvalue weighted by Crippen LogP contribution is -2.57. The van der Waals surface area contributed by atoms with Crippen molar-refractivity contribution in [3.05, 3.63) is 35.4 Å². The predicted molar refractivity (Wildman–Crippen MR) is 78.6 cm³/mol. The summed E-state index contributed by atoms with van der Waals surface area (Å²) in [6.45, 7) is 2.56. The molecule has 118 valence electrons. The minimum Gasteiger partial charge on any atom is -0.374 e. The minimum absolute atomic E-state index is 0.183. The van der Waals surface area contributed by atoms with Crippen molar-refractivity contribution in [2.24, 2.45) is 5.84 Å². The standard InChI is InChI=1S/C16H24F2N2O/c1-2-21-16(8-4-3-5-9-16)15(20-19)10-12-6-7-13(17)11-14(12)18/h6-7,11,15,20H,2-5,8-10,19H2,1H3. The van der Waals surface area contributed by atoms with Crippen molar-refractivity contribution in [3.8, 4) is 0 Å². The minimum atomic E-state index is -0.564. The van der Waals surface area contributed by atoms with E-state index < -0.39 is 11.6 Å². The number of nitrogens with two attached hydrogens (primary N) is 1.